The molecule has 6 nitrogen and oxygen atoms in total. The fourth-order valence-electron chi connectivity index (χ4n) is 3.57. The summed E-state index contributed by atoms with van der Waals surface area (Å²) >= 11 is 4.70. The van der Waals surface area contributed by atoms with Gasteiger partial charge in [-0.2, -0.15) is 0 Å². The van der Waals surface area contributed by atoms with Gasteiger partial charge in [-0.3, -0.25) is 14.4 Å². The van der Waals surface area contributed by atoms with Gasteiger partial charge in [0.25, 0.3) is 11.8 Å². The van der Waals surface area contributed by atoms with Crippen LogP contribution in [0.15, 0.2) is 118 Å². The lowest BCUT2D eigenvalue weighted by Gasteiger charge is -2.14. The van der Waals surface area contributed by atoms with Crippen LogP contribution in [0.5, 0.6) is 0 Å². The minimum absolute atomic E-state index is 0.126. The van der Waals surface area contributed by atoms with Crippen LogP contribution in [0.3, 0.4) is 0 Å². The summed E-state index contributed by atoms with van der Waals surface area (Å²) in [6.07, 6.45) is 1.29. The molecule has 0 aliphatic heterocycles. The number of hydrogen-bond acceptors (Lipinski definition) is 4. The molecule has 9 heteroatoms. The van der Waals surface area contributed by atoms with Gasteiger partial charge in [-0.1, -0.05) is 58.4 Å². The molecule has 0 aromatic heterocycles. The summed E-state index contributed by atoms with van der Waals surface area (Å²) in [4.78, 5) is 39.5. The van der Waals surface area contributed by atoms with Gasteiger partial charge in [-0.15, -0.1) is 11.8 Å². The molecule has 0 spiro atoms. The topological polar surface area (TPSA) is 87.3 Å². The van der Waals surface area contributed by atoms with Crippen LogP contribution in [-0.2, 0) is 9.59 Å². The van der Waals surface area contributed by atoms with Crippen LogP contribution in [0.4, 0.5) is 15.8 Å². The first kappa shape index (κ1) is 28.8. The summed E-state index contributed by atoms with van der Waals surface area (Å²) in [5.74, 6) is -1.83. The molecule has 4 aromatic carbocycles. The van der Waals surface area contributed by atoms with Crippen LogP contribution in [0.25, 0.3) is 6.08 Å². The zero-order valence-corrected chi connectivity index (χ0v) is 23.8. The maximum Gasteiger partial charge on any atom is 0.272 e. The lowest BCUT2D eigenvalue weighted by Crippen LogP contribution is -2.30. The molecule has 0 aliphatic rings. The number of hydrogen-bond donors (Lipinski definition) is 3. The minimum Gasteiger partial charge on any atom is -0.325 e. The van der Waals surface area contributed by atoms with Crippen LogP contribution in [0.1, 0.15) is 22.8 Å². The first-order valence-corrected chi connectivity index (χ1v) is 13.9. The Hall–Kier alpha value is -4.21. The van der Waals surface area contributed by atoms with E-state index in [1.165, 1.54) is 36.0 Å². The second kappa shape index (κ2) is 13.7. The zero-order valence-electron chi connectivity index (χ0n) is 21.4. The van der Waals surface area contributed by atoms with Gasteiger partial charge in [-0.25, -0.2) is 4.39 Å². The lowest BCUT2D eigenvalue weighted by atomic mass is 10.1. The molecule has 0 radical (unpaired) electrons. The molecule has 0 bridgehead atoms. The van der Waals surface area contributed by atoms with E-state index in [4.69, 9.17) is 0 Å². The van der Waals surface area contributed by atoms with Gasteiger partial charge in [0.05, 0.1) is 5.25 Å². The van der Waals surface area contributed by atoms with Gasteiger partial charge in [0.2, 0.25) is 5.91 Å². The molecule has 0 fully saturated rings. The average molecular weight is 619 g/mol. The number of carbonyl (C=O) groups excluding carboxylic acids is 3. The molecule has 40 heavy (non-hydrogen) atoms. The van der Waals surface area contributed by atoms with Crippen LogP contribution < -0.4 is 16.0 Å². The van der Waals surface area contributed by atoms with Crippen molar-refractivity contribution >= 4 is 62.9 Å². The highest BCUT2D eigenvalue weighted by Crippen LogP contribution is 2.27. The molecule has 4 aromatic rings. The molecule has 0 saturated carbocycles. The lowest BCUT2D eigenvalue weighted by molar-refractivity contribution is -0.115. The molecule has 1 atom stereocenters. The van der Waals surface area contributed by atoms with Crippen molar-refractivity contribution in [2.75, 3.05) is 10.6 Å². The predicted octanol–water partition coefficient (Wildman–Crippen LogP) is 7.12. The van der Waals surface area contributed by atoms with E-state index in [0.29, 0.717) is 16.9 Å². The second-order valence-corrected chi connectivity index (χ2v) is 11.0. The van der Waals surface area contributed by atoms with Crippen LogP contribution in [0.2, 0.25) is 0 Å². The first-order valence-electron chi connectivity index (χ1n) is 12.3. The Labute approximate surface area is 244 Å². The number of thioether (sulfide) groups is 1. The van der Waals surface area contributed by atoms with Gasteiger partial charge in [-0.05, 0) is 73.7 Å². The maximum atomic E-state index is 14.4. The molecule has 0 saturated heterocycles. The van der Waals surface area contributed by atoms with Crippen LogP contribution >= 0.6 is 27.7 Å². The third-order valence-corrected chi connectivity index (χ3v) is 7.24. The van der Waals surface area contributed by atoms with Crippen molar-refractivity contribution < 1.29 is 18.8 Å². The van der Waals surface area contributed by atoms with Crippen molar-refractivity contribution in [3.05, 3.63) is 130 Å². The Morgan fingerprint density at radius 3 is 2.25 bits per heavy atom. The monoisotopic (exact) mass is 617 g/mol. The fourth-order valence-corrected chi connectivity index (χ4v) is 4.76. The zero-order chi connectivity index (χ0) is 28.5. The number of carbonyl (C=O) groups is 3. The summed E-state index contributed by atoms with van der Waals surface area (Å²) < 4.78 is 15.3. The summed E-state index contributed by atoms with van der Waals surface area (Å²) in [6.45, 7) is 1.79. The highest BCUT2D eigenvalue weighted by molar-refractivity contribution is 9.10. The summed E-state index contributed by atoms with van der Waals surface area (Å²) in [6, 6.07) is 28.7. The Bertz CT molecular complexity index is 1550. The van der Waals surface area contributed by atoms with Gasteiger partial charge >= 0.3 is 0 Å². The summed E-state index contributed by atoms with van der Waals surface area (Å²) in [5, 5.41) is 7.83. The Morgan fingerprint density at radius 2 is 1.52 bits per heavy atom. The molecule has 1 unspecified atom stereocenters. The van der Waals surface area contributed by atoms with Crippen molar-refractivity contribution in [1.82, 2.24) is 5.32 Å². The van der Waals surface area contributed by atoms with E-state index in [9.17, 15) is 18.8 Å². The number of amides is 3. The van der Waals surface area contributed by atoms with Crippen molar-refractivity contribution in [3.63, 3.8) is 0 Å². The third kappa shape index (κ3) is 8.14. The van der Waals surface area contributed by atoms with E-state index in [0.717, 1.165) is 9.37 Å². The van der Waals surface area contributed by atoms with E-state index in [1.54, 1.807) is 73.7 Å². The van der Waals surface area contributed by atoms with E-state index >= 15 is 0 Å². The molecular formula is C31H25BrFN3O3S. The van der Waals surface area contributed by atoms with Crippen molar-refractivity contribution in [2.24, 2.45) is 0 Å². The Balaban J connectivity index is 1.48. The summed E-state index contributed by atoms with van der Waals surface area (Å²) in [5.41, 5.74) is 1.51. The smallest absolute Gasteiger partial charge is 0.272 e. The largest absolute Gasteiger partial charge is 0.325 e. The quantitative estimate of drug-likeness (QED) is 0.138. The average Bonchev–Trinajstić information content (AvgIpc) is 2.95. The molecule has 202 valence electrons. The second-order valence-electron chi connectivity index (χ2n) is 8.64. The van der Waals surface area contributed by atoms with Crippen molar-refractivity contribution in [3.8, 4) is 0 Å². The molecule has 3 amide bonds. The van der Waals surface area contributed by atoms with Gasteiger partial charge in [0.1, 0.15) is 11.5 Å². The molecule has 4 rings (SSSR count). The Kier molecular flexibility index (Phi) is 9.88. The van der Waals surface area contributed by atoms with E-state index in [-0.39, 0.29) is 17.2 Å². The first-order chi connectivity index (χ1) is 19.3. The Morgan fingerprint density at radius 1 is 0.825 bits per heavy atom. The van der Waals surface area contributed by atoms with Crippen LogP contribution in [-0.4, -0.2) is 23.0 Å². The molecule has 0 heterocycles. The number of benzene rings is 4. The van der Waals surface area contributed by atoms with Gasteiger partial charge < -0.3 is 16.0 Å². The summed E-state index contributed by atoms with van der Waals surface area (Å²) in [7, 11) is 0. The van der Waals surface area contributed by atoms with Crippen molar-refractivity contribution in [1.29, 1.82) is 0 Å². The predicted molar refractivity (Wildman–Crippen MR) is 161 cm³/mol. The number of nitrogens with one attached hydrogen (secondary N) is 3. The standard InChI is InChI=1S/C31H25BrFN3O3S/c1-20(29(37)34-24-16-14-23(32)15-17-24)40-26-12-7-11-25(19-26)35-31(39)28(18-22-10-5-6-13-27(22)33)36-30(38)21-8-3-2-4-9-21/h2-20H,1H3,(H,34,37)(H,35,39)(H,36,38)/b28-18-. The van der Waals surface area contributed by atoms with Gasteiger partial charge in [0, 0.05) is 31.9 Å². The third-order valence-electron chi connectivity index (χ3n) is 5.62. The number of anilines is 2. The molecule has 3 N–H and O–H groups in total. The highest BCUT2D eigenvalue weighted by Gasteiger charge is 2.18. The van der Waals surface area contributed by atoms with E-state index in [2.05, 4.69) is 31.9 Å². The molecule has 0 aliphatic carbocycles. The normalized spacial score (nSPS) is 11.8. The fraction of sp³-hybridized carbons (Fsp3) is 0.0645. The van der Waals surface area contributed by atoms with Crippen LogP contribution in [0, 0.1) is 5.82 Å². The maximum absolute atomic E-state index is 14.4. The highest BCUT2D eigenvalue weighted by atomic mass is 79.9. The molecular weight excluding hydrogens is 593 g/mol. The van der Waals surface area contributed by atoms with E-state index in [1.807, 2.05) is 18.2 Å². The van der Waals surface area contributed by atoms with Crippen molar-refractivity contribution in [2.45, 2.75) is 17.1 Å². The number of halogens is 2. The minimum atomic E-state index is -0.629. The van der Waals surface area contributed by atoms with E-state index < -0.39 is 22.9 Å². The SMILES string of the molecule is CC(Sc1cccc(NC(=O)/C(=C/c2ccccc2F)NC(=O)c2ccccc2)c1)C(=O)Nc1ccc(Br)cc1. The number of rotatable bonds is 9. The van der Waals surface area contributed by atoms with Gasteiger partial charge in [0.15, 0.2) is 0 Å².